The number of anilines is 1. The van der Waals surface area contributed by atoms with Crippen LogP contribution in [0.15, 0.2) is 72.8 Å². The molecule has 0 heterocycles. The van der Waals surface area contributed by atoms with Crippen LogP contribution in [0.4, 0.5) is 5.69 Å². The van der Waals surface area contributed by atoms with Gasteiger partial charge >= 0.3 is 11.9 Å². The van der Waals surface area contributed by atoms with Crippen LogP contribution >= 0.6 is 81.2 Å². The molecule has 0 saturated heterocycles. The van der Waals surface area contributed by atoms with Crippen molar-refractivity contribution in [1.82, 2.24) is 0 Å². The molecule has 0 aromatic heterocycles. The molecular weight excluding hydrogens is 871 g/mol. The smallest absolute Gasteiger partial charge is 0.342 e. The molecule has 4 aromatic rings. The van der Waals surface area contributed by atoms with Crippen molar-refractivity contribution in [3.63, 3.8) is 0 Å². The van der Waals surface area contributed by atoms with Crippen LogP contribution in [0.2, 0.25) is 30.1 Å². The van der Waals surface area contributed by atoms with E-state index in [9.17, 15) is 14.4 Å². The van der Waals surface area contributed by atoms with Crippen molar-refractivity contribution in [2.24, 2.45) is 0 Å². The zero-order valence-corrected chi connectivity index (χ0v) is 36.2. The molecule has 16 heteroatoms. The van der Waals surface area contributed by atoms with Gasteiger partial charge in [0.05, 0.1) is 57.0 Å². The molecule has 0 amide bonds. The number of hydrogen-bond acceptors (Lipinski definition) is 9. The van der Waals surface area contributed by atoms with Crippen molar-refractivity contribution in [3.05, 3.63) is 125 Å². The molecule has 0 radical (unpaired) electrons. The molecule has 0 aliphatic rings. The van der Waals surface area contributed by atoms with Crippen molar-refractivity contribution < 1.29 is 38.1 Å². The van der Waals surface area contributed by atoms with Crippen molar-refractivity contribution in [1.29, 1.82) is 0 Å². The van der Waals surface area contributed by atoms with E-state index in [-0.39, 0.29) is 50.6 Å². The molecule has 0 saturated carbocycles. The number of unbranched alkanes of at least 4 members (excludes halogenated alkanes) is 3. The first-order valence-corrected chi connectivity index (χ1v) is 19.8. The van der Waals surface area contributed by atoms with Gasteiger partial charge < -0.3 is 28.6 Å². The third kappa shape index (κ3) is 14.5. The summed E-state index contributed by atoms with van der Waals surface area (Å²) in [5.74, 6) is -1.20. The molecule has 0 aliphatic heterocycles. The summed E-state index contributed by atoms with van der Waals surface area (Å²) in [5.41, 5.74) is 2.29. The lowest BCUT2D eigenvalue weighted by Crippen LogP contribution is -2.42. The molecule has 302 valence electrons. The van der Waals surface area contributed by atoms with Gasteiger partial charge in [-0.25, -0.2) is 9.59 Å². The summed E-state index contributed by atoms with van der Waals surface area (Å²) < 4.78 is 27.2. The van der Waals surface area contributed by atoms with E-state index >= 15 is 0 Å². The Labute approximate surface area is 361 Å². The largest absolute Gasteiger partial charge is 0.494 e. The fraction of sp³-hybridized carbons (Fsp3) is 0.325. The first-order chi connectivity index (χ1) is 26.7. The average Bonchev–Trinajstić information content (AvgIpc) is 3.18. The fourth-order valence-electron chi connectivity index (χ4n) is 5.18. The topological polar surface area (TPSA) is 101 Å². The van der Waals surface area contributed by atoms with Crippen molar-refractivity contribution in [2.45, 2.75) is 51.6 Å². The fourth-order valence-corrected chi connectivity index (χ4v) is 6.62. The number of benzene rings is 4. The Balaban J connectivity index is 0.000000546. The van der Waals surface area contributed by atoms with E-state index in [1.54, 1.807) is 12.1 Å². The predicted molar refractivity (Wildman–Crippen MR) is 225 cm³/mol. The van der Waals surface area contributed by atoms with E-state index in [2.05, 4.69) is 6.92 Å². The van der Waals surface area contributed by atoms with Crippen LogP contribution in [0.3, 0.4) is 0 Å². The molecular formula is C40H40Cl7NO8. The van der Waals surface area contributed by atoms with E-state index in [0.29, 0.717) is 15.1 Å². The summed E-state index contributed by atoms with van der Waals surface area (Å²) in [4.78, 5) is 38.7. The molecule has 0 bridgehead atoms. The number of esters is 2. The summed E-state index contributed by atoms with van der Waals surface area (Å²) in [7, 11) is 4.23. The zero-order chi connectivity index (χ0) is 41.4. The van der Waals surface area contributed by atoms with E-state index in [1.165, 1.54) is 82.6 Å². The molecule has 4 aromatic carbocycles. The number of methoxy groups -OCH3 is 3. The first-order valence-electron chi connectivity index (χ1n) is 17.2. The minimum absolute atomic E-state index is 0.0750. The van der Waals surface area contributed by atoms with Crippen LogP contribution in [0.25, 0.3) is 0 Å². The molecule has 2 unspecified atom stereocenters. The second kappa shape index (κ2) is 24.1. The number of aryl methyl sites for hydroxylation is 1. The summed E-state index contributed by atoms with van der Waals surface area (Å²) in [6.45, 7) is 2.34. The van der Waals surface area contributed by atoms with Crippen molar-refractivity contribution >= 4 is 104 Å². The Kier molecular flexibility index (Phi) is 20.4. The van der Waals surface area contributed by atoms with E-state index in [0.717, 1.165) is 18.5 Å². The summed E-state index contributed by atoms with van der Waals surface area (Å²) >= 11 is 41.3. The highest BCUT2D eigenvalue weighted by Gasteiger charge is 2.26. The lowest BCUT2D eigenvalue weighted by atomic mass is 10.1. The third-order valence-corrected chi connectivity index (χ3v) is 10.0. The number of carbonyl (C=O) groups is 3. The minimum atomic E-state index is -1.02. The maximum absolute atomic E-state index is 13.0. The van der Waals surface area contributed by atoms with Gasteiger partial charge in [-0.1, -0.05) is 108 Å². The van der Waals surface area contributed by atoms with Crippen LogP contribution in [0.1, 0.15) is 69.2 Å². The summed E-state index contributed by atoms with van der Waals surface area (Å²) in [5, 5.41) is 0.905. The van der Waals surface area contributed by atoms with E-state index in [4.69, 9.17) is 105 Å². The summed E-state index contributed by atoms with van der Waals surface area (Å²) in [6, 6.07) is 20.1. The number of rotatable bonds is 18. The zero-order valence-electron chi connectivity index (χ0n) is 30.9. The monoisotopic (exact) mass is 907 g/mol. The van der Waals surface area contributed by atoms with Crippen LogP contribution < -0.4 is 9.64 Å². The highest BCUT2D eigenvalue weighted by molar-refractivity contribution is 6.69. The van der Waals surface area contributed by atoms with Gasteiger partial charge in [-0.05, 0) is 90.7 Å². The molecule has 2 atom stereocenters. The maximum atomic E-state index is 13.0. The third-order valence-electron chi connectivity index (χ3n) is 8.12. The van der Waals surface area contributed by atoms with Gasteiger partial charge in [0.2, 0.25) is 12.6 Å². The summed E-state index contributed by atoms with van der Waals surface area (Å²) in [6.07, 6.45) is 3.60. The Morgan fingerprint density at radius 2 is 1.11 bits per heavy atom. The molecule has 0 aliphatic carbocycles. The van der Waals surface area contributed by atoms with Crippen LogP contribution in [0, 0.1) is 0 Å². The van der Waals surface area contributed by atoms with Crippen molar-refractivity contribution in [2.75, 3.05) is 39.3 Å². The number of nitrogens with zero attached hydrogens (tertiary/aromatic N) is 1. The average molecular weight is 911 g/mol. The van der Waals surface area contributed by atoms with Crippen LogP contribution in [-0.4, -0.2) is 64.2 Å². The molecule has 0 fully saturated rings. The van der Waals surface area contributed by atoms with Gasteiger partial charge in [-0.15, -0.1) is 0 Å². The number of hydrogen-bond donors (Lipinski definition) is 0. The molecule has 4 rings (SSSR count). The second-order valence-corrected chi connectivity index (χ2v) is 14.8. The van der Waals surface area contributed by atoms with Gasteiger partial charge in [0, 0.05) is 30.0 Å². The van der Waals surface area contributed by atoms with Gasteiger partial charge in [-0.3, -0.25) is 4.79 Å². The van der Waals surface area contributed by atoms with Crippen LogP contribution in [0.5, 0.6) is 5.75 Å². The van der Waals surface area contributed by atoms with Gasteiger partial charge in [-0.2, -0.15) is 0 Å². The van der Waals surface area contributed by atoms with Gasteiger partial charge in [0.25, 0.3) is 5.24 Å². The Morgan fingerprint density at radius 1 is 0.625 bits per heavy atom. The number of ether oxygens (including phenoxy) is 5. The SMILES string of the molecule is CCCCCCc1ccc(N(CC(OC)OC(=O)c2cc(Cl)ccc2Cl)CC(OC)OC(=O)c2cc(Cl)ccc2Cl)cc1.COc1c(Cl)ccc(Cl)c1C(=O)Cl. The van der Waals surface area contributed by atoms with E-state index < -0.39 is 29.8 Å². The number of carbonyl (C=O) groups excluding carboxylic acids is 3. The second-order valence-electron chi connectivity index (χ2n) is 12.0. The lowest BCUT2D eigenvalue weighted by Gasteiger charge is -2.31. The predicted octanol–water partition coefficient (Wildman–Crippen LogP) is 12.3. The highest BCUT2D eigenvalue weighted by Crippen LogP contribution is 2.34. The normalized spacial score (nSPS) is 11.8. The number of halogens is 7. The quantitative estimate of drug-likeness (QED) is 0.0418. The van der Waals surface area contributed by atoms with Gasteiger partial charge in [0.1, 0.15) is 0 Å². The Hall–Kier alpha value is -2.96. The molecule has 0 N–H and O–H groups in total. The molecule has 9 nitrogen and oxygen atoms in total. The van der Waals surface area contributed by atoms with Crippen LogP contribution in [-0.2, 0) is 25.4 Å². The minimum Gasteiger partial charge on any atom is -0.494 e. The molecule has 0 spiro atoms. The highest BCUT2D eigenvalue weighted by atomic mass is 35.5. The van der Waals surface area contributed by atoms with E-state index in [1.807, 2.05) is 29.2 Å². The Bertz CT molecular complexity index is 1850. The molecule has 56 heavy (non-hydrogen) atoms. The van der Waals surface area contributed by atoms with Gasteiger partial charge in [0.15, 0.2) is 5.75 Å². The lowest BCUT2D eigenvalue weighted by molar-refractivity contribution is -0.0950. The maximum Gasteiger partial charge on any atom is 0.342 e. The standard InChI is InChI=1S/C32H35Cl4NO6.C8H5Cl3O2/c1-4-5-6-7-8-21-9-13-24(14-10-21)37(19-29(40-2)42-31(38)25-17-22(33)11-15-27(25)35)20-30(41-3)43-32(39)26-18-23(34)12-16-28(26)36;1-13-7-5(10)3-2-4(9)6(7)8(11)12/h9-18,29-30H,4-8,19-20H2,1-3H3;2-3H,1H3. The van der Waals surface area contributed by atoms with Crippen molar-refractivity contribution in [3.8, 4) is 5.75 Å². The first kappa shape index (κ1) is 47.4. The Morgan fingerprint density at radius 3 is 1.54 bits per heavy atom.